The Balaban J connectivity index is 2.18. The van der Waals surface area contributed by atoms with E-state index in [0.29, 0.717) is 12.1 Å². The molecular formula is C11H21N5O2S. The summed E-state index contributed by atoms with van der Waals surface area (Å²) in [6.45, 7) is 3.80. The number of aromatic amines is 1. The molecule has 1 aromatic rings. The van der Waals surface area contributed by atoms with E-state index >= 15 is 0 Å². The molecule has 0 bridgehead atoms. The summed E-state index contributed by atoms with van der Waals surface area (Å²) in [4.78, 5) is 2.62. The van der Waals surface area contributed by atoms with E-state index < -0.39 is 10.0 Å². The molecular weight excluding hydrogens is 266 g/mol. The van der Waals surface area contributed by atoms with E-state index in [1.807, 2.05) is 6.92 Å². The summed E-state index contributed by atoms with van der Waals surface area (Å²) in [5, 5.41) is 11.5. The van der Waals surface area contributed by atoms with Gasteiger partial charge in [-0.15, -0.1) is 4.83 Å². The predicted octanol–water partition coefficient (Wildman–Crippen LogP) is 0.117. The summed E-state index contributed by atoms with van der Waals surface area (Å²) in [6, 6.07) is 0. The van der Waals surface area contributed by atoms with Gasteiger partial charge in [0.1, 0.15) is 0 Å². The van der Waals surface area contributed by atoms with Crippen LogP contribution >= 0.6 is 0 Å². The van der Waals surface area contributed by atoms with Crippen LogP contribution in [0.25, 0.3) is 0 Å². The molecule has 0 aromatic carbocycles. The first-order valence-corrected chi connectivity index (χ1v) is 7.99. The minimum absolute atomic E-state index is 0.0879. The van der Waals surface area contributed by atoms with Crippen LogP contribution in [0.1, 0.15) is 30.5 Å². The SMILES string of the molecule is CNCc1c(S(=O)(=O)NN2CCCCC2)n[nH]c1C. The first kappa shape index (κ1) is 14.4. The Morgan fingerprint density at radius 2 is 2.00 bits per heavy atom. The van der Waals surface area contributed by atoms with Crippen molar-refractivity contribution in [3.63, 3.8) is 0 Å². The maximum atomic E-state index is 12.3. The summed E-state index contributed by atoms with van der Waals surface area (Å²) in [6.07, 6.45) is 3.20. The quantitative estimate of drug-likeness (QED) is 0.715. The van der Waals surface area contributed by atoms with Gasteiger partial charge in [0, 0.05) is 30.9 Å². The van der Waals surface area contributed by atoms with Crippen molar-refractivity contribution in [2.75, 3.05) is 20.1 Å². The monoisotopic (exact) mass is 287 g/mol. The van der Waals surface area contributed by atoms with E-state index in [-0.39, 0.29) is 5.03 Å². The van der Waals surface area contributed by atoms with Gasteiger partial charge in [-0.2, -0.15) is 5.10 Å². The Morgan fingerprint density at radius 3 is 2.63 bits per heavy atom. The Bertz CT molecular complexity index is 519. The number of sulfonamides is 1. The zero-order valence-corrected chi connectivity index (χ0v) is 12.2. The van der Waals surface area contributed by atoms with Crippen molar-refractivity contribution in [3.8, 4) is 0 Å². The molecule has 0 unspecified atom stereocenters. The fourth-order valence-electron chi connectivity index (χ4n) is 2.24. The van der Waals surface area contributed by atoms with Gasteiger partial charge in [-0.25, -0.2) is 13.4 Å². The number of hydrazine groups is 1. The predicted molar refractivity (Wildman–Crippen MR) is 71.8 cm³/mol. The van der Waals surface area contributed by atoms with Gasteiger partial charge in [0.25, 0.3) is 10.0 Å². The van der Waals surface area contributed by atoms with E-state index in [4.69, 9.17) is 0 Å². The lowest BCUT2D eigenvalue weighted by molar-refractivity contribution is 0.199. The molecule has 8 heteroatoms. The zero-order chi connectivity index (χ0) is 13.9. The second kappa shape index (κ2) is 6.00. The van der Waals surface area contributed by atoms with E-state index in [2.05, 4.69) is 20.3 Å². The van der Waals surface area contributed by atoms with Crippen LogP contribution in [0.3, 0.4) is 0 Å². The molecule has 1 saturated heterocycles. The van der Waals surface area contributed by atoms with Crippen molar-refractivity contribution in [2.45, 2.75) is 37.8 Å². The van der Waals surface area contributed by atoms with Gasteiger partial charge in [0.15, 0.2) is 5.03 Å². The minimum atomic E-state index is -3.60. The highest BCUT2D eigenvalue weighted by Gasteiger charge is 2.26. The fraction of sp³-hybridized carbons (Fsp3) is 0.727. The third-order valence-electron chi connectivity index (χ3n) is 3.25. The second-order valence-electron chi connectivity index (χ2n) is 4.81. The van der Waals surface area contributed by atoms with Crippen molar-refractivity contribution in [1.82, 2.24) is 25.4 Å². The van der Waals surface area contributed by atoms with E-state index in [1.165, 1.54) is 0 Å². The molecule has 0 aliphatic carbocycles. The van der Waals surface area contributed by atoms with Gasteiger partial charge in [0.2, 0.25) is 0 Å². The largest absolute Gasteiger partial charge is 0.316 e. The van der Waals surface area contributed by atoms with Crippen LogP contribution in [-0.2, 0) is 16.6 Å². The average molecular weight is 287 g/mol. The highest BCUT2D eigenvalue weighted by Crippen LogP contribution is 2.17. The Labute approximate surface area is 113 Å². The van der Waals surface area contributed by atoms with E-state index in [0.717, 1.165) is 38.0 Å². The van der Waals surface area contributed by atoms with Crippen molar-refractivity contribution in [2.24, 2.45) is 0 Å². The molecule has 0 amide bonds. The van der Waals surface area contributed by atoms with Gasteiger partial charge < -0.3 is 5.32 Å². The molecule has 108 valence electrons. The van der Waals surface area contributed by atoms with E-state index in [1.54, 1.807) is 12.1 Å². The lowest BCUT2D eigenvalue weighted by atomic mass is 10.2. The highest BCUT2D eigenvalue weighted by molar-refractivity contribution is 7.89. The first-order chi connectivity index (χ1) is 9.04. The molecule has 0 saturated carbocycles. The number of nitrogens with one attached hydrogen (secondary N) is 3. The van der Waals surface area contributed by atoms with Crippen LogP contribution in [0.2, 0.25) is 0 Å². The second-order valence-corrected chi connectivity index (χ2v) is 6.38. The number of aromatic nitrogens is 2. The van der Waals surface area contributed by atoms with Crippen LogP contribution in [0.4, 0.5) is 0 Å². The Morgan fingerprint density at radius 1 is 1.32 bits per heavy atom. The van der Waals surface area contributed by atoms with Gasteiger partial charge in [0.05, 0.1) is 0 Å². The first-order valence-electron chi connectivity index (χ1n) is 6.50. The van der Waals surface area contributed by atoms with Crippen molar-refractivity contribution < 1.29 is 8.42 Å². The summed E-state index contributed by atoms with van der Waals surface area (Å²) in [5.41, 5.74) is 1.46. The van der Waals surface area contributed by atoms with Crippen LogP contribution in [0.5, 0.6) is 0 Å². The number of hydrogen-bond acceptors (Lipinski definition) is 5. The number of H-pyrrole nitrogens is 1. The standard InChI is InChI=1S/C11H21N5O2S/c1-9-10(8-12-2)11(14-13-9)19(17,18)15-16-6-4-3-5-7-16/h12,15H,3-8H2,1-2H3,(H,13,14). The molecule has 2 rings (SSSR count). The molecule has 7 nitrogen and oxygen atoms in total. The topological polar surface area (TPSA) is 90.1 Å². The van der Waals surface area contributed by atoms with Gasteiger partial charge in [-0.3, -0.25) is 5.10 Å². The molecule has 1 aromatic heterocycles. The zero-order valence-electron chi connectivity index (χ0n) is 11.4. The van der Waals surface area contributed by atoms with Crippen LogP contribution < -0.4 is 10.1 Å². The number of hydrogen-bond donors (Lipinski definition) is 3. The molecule has 1 fully saturated rings. The lowest BCUT2D eigenvalue weighted by Gasteiger charge is -2.26. The summed E-state index contributed by atoms with van der Waals surface area (Å²) in [7, 11) is -1.82. The Kier molecular flexibility index (Phi) is 4.56. The average Bonchev–Trinajstić information content (AvgIpc) is 2.73. The molecule has 1 aliphatic heterocycles. The molecule has 3 N–H and O–H groups in total. The minimum Gasteiger partial charge on any atom is -0.316 e. The van der Waals surface area contributed by atoms with Crippen molar-refractivity contribution in [3.05, 3.63) is 11.3 Å². The number of piperidine rings is 1. The maximum Gasteiger partial charge on any atom is 0.273 e. The van der Waals surface area contributed by atoms with Crippen LogP contribution in [-0.4, -0.2) is 43.8 Å². The van der Waals surface area contributed by atoms with Gasteiger partial charge in [-0.1, -0.05) is 6.42 Å². The van der Waals surface area contributed by atoms with E-state index in [9.17, 15) is 8.42 Å². The molecule has 1 aliphatic rings. The van der Waals surface area contributed by atoms with Gasteiger partial charge in [-0.05, 0) is 26.8 Å². The summed E-state index contributed by atoms with van der Waals surface area (Å²) >= 11 is 0. The van der Waals surface area contributed by atoms with Crippen molar-refractivity contribution >= 4 is 10.0 Å². The van der Waals surface area contributed by atoms with Crippen molar-refractivity contribution in [1.29, 1.82) is 0 Å². The number of rotatable bonds is 5. The third kappa shape index (κ3) is 3.33. The molecule has 2 heterocycles. The lowest BCUT2D eigenvalue weighted by Crippen LogP contribution is -2.45. The van der Waals surface area contributed by atoms with Crippen LogP contribution in [0.15, 0.2) is 5.03 Å². The molecule has 0 spiro atoms. The normalized spacial score (nSPS) is 17.8. The smallest absolute Gasteiger partial charge is 0.273 e. The molecule has 0 radical (unpaired) electrons. The number of nitrogens with zero attached hydrogens (tertiary/aromatic N) is 2. The summed E-state index contributed by atoms with van der Waals surface area (Å²) < 4.78 is 24.7. The fourth-order valence-corrected chi connectivity index (χ4v) is 3.56. The van der Waals surface area contributed by atoms with Gasteiger partial charge >= 0.3 is 0 Å². The highest BCUT2D eigenvalue weighted by atomic mass is 32.2. The van der Waals surface area contributed by atoms with Crippen LogP contribution in [0, 0.1) is 6.92 Å². The number of aryl methyl sites for hydroxylation is 1. The Hall–Kier alpha value is -0.960. The molecule has 0 atom stereocenters. The summed E-state index contributed by atoms with van der Waals surface area (Å²) in [5.74, 6) is 0. The third-order valence-corrected chi connectivity index (χ3v) is 4.59. The molecule has 19 heavy (non-hydrogen) atoms. The maximum absolute atomic E-state index is 12.3.